The first-order valence-corrected chi connectivity index (χ1v) is 13.9. The second kappa shape index (κ2) is 10.1. The number of benzene rings is 2. The van der Waals surface area contributed by atoms with E-state index in [2.05, 4.69) is 46.6 Å². The maximum atomic E-state index is 13.0. The molecule has 1 aliphatic rings. The van der Waals surface area contributed by atoms with Gasteiger partial charge in [0.15, 0.2) is 5.82 Å². The highest BCUT2D eigenvalue weighted by molar-refractivity contribution is 7.89. The number of hydrogen-bond donors (Lipinski definition) is 1. The van der Waals surface area contributed by atoms with E-state index in [1.807, 2.05) is 25.1 Å². The van der Waals surface area contributed by atoms with Gasteiger partial charge in [0, 0.05) is 44.5 Å². The summed E-state index contributed by atoms with van der Waals surface area (Å²) in [6.07, 6.45) is 0. The molecule has 0 aliphatic carbocycles. The summed E-state index contributed by atoms with van der Waals surface area (Å²) in [6.45, 7) is 8.12. The molecule has 0 unspecified atom stereocenters. The van der Waals surface area contributed by atoms with Crippen molar-refractivity contribution in [3.8, 4) is 11.8 Å². The fourth-order valence-electron chi connectivity index (χ4n) is 4.19. The van der Waals surface area contributed by atoms with E-state index in [0.29, 0.717) is 35.2 Å². The lowest BCUT2D eigenvalue weighted by Crippen LogP contribution is -2.44. The Morgan fingerprint density at radius 3 is 2.61 bits per heavy atom. The van der Waals surface area contributed by atoms with Crippen LogP contribution in [0.2, 0.25) is 0 Å². The number of nitrogens with zero attached hydrogens (tertiary/aromatic N) is 7. The quantitative estimate of drug-likeness (QED) is 0.368. The van der Waals surface area contributed by atoms with Crippen LogP contribution in [0.4, 0.5) is 5.69 Å². The third-order valence-corrected chi connectivity index (χ3v) is 8.31. The summed E-state index contributed by atoms with van der Waals surface area (Å²) in [6, 6.07) is 12.3. The molecule has 36 heavy (non-hydrogen) atoms. The van der Waals surface area contributed by atoms with Gasteiger partial charge in [-0.05, 0) is 51.2 Å². The lowest BCUT2D eigenvalue weighted by molar-refractivity contribution is 0.312. The third kappa shape index (κ3) is 5.05. The minimum atomic E-state index is -3.82. The van der Waals surface area contributed by atoms with Gasteiger partial charge in [-0.25, -0.2) is 13.1 Å². The molecule has 1 saturated heterocycles. The molecule has 13 heteroatoms. The van der Waals surface area contributed by atoms with Crippen LogP contribution in [0.25, 0.3) is 11.0 Å². The molecule has 1 atom stereocenters. The van der Waals surface area contributed by atoms with Crippen LogP contribution in [0.15, 0.2) is 47.4 Å². The van der Waals surface area contributed by atoms with Gasteiger partial charge in [0.2, 0.25) is 10.0 Å². The zero-order valence-electron chi connectivity index (χ0n) is 20.3. The molecule has 2 aromatic carbocycles. The lowest BCUT2D eigenvalue weighted by Gasteiger charge is -2.34. The Morgan fingerprint density at radius 2 is 1.83 bits per heavy atom. The average Bonchev–Trinajstić information content (AvgIpc) is 3.50. The normalized spacial score (nSPS) is 15.9. The summed E-state index contributed by atoms with van der Waals surface area (Å²) in [7, 11) is -1.69. The number of nitrogens with one attached hydrogen (secondary N) is 1. The Balaban J connectivity index is 1.33. The summed E-state index contributed by atoms with van der Waals surface area (Å²) in [5, 5.41) is 8.46. The van der Waals surface area contributed by atoms with Gasteiger partial charge >= 0.3 is 6.01 Å². The van der Waals surface area contributed by atoms with Crippen molar-refractivity contribution in [1.82, 2.24) is 33.1 Å². The standard InChI is InChI=1S/C23H28N8O3S2/c1-4-31-22(16(2)28-36(32,33)19-8-9-20-21(15-19)27-35-26-20)24-25-23(31)34-18-7-5-6-17(14-18)30-12-10-29(3)11-13-30/h5-9,14-16,28H,4,10-13H2,1-3H3/t16-/m1/s1. The Hall–Kier alpha value is -3.13. The fraction of sp³-hybridized carbons (Fsp3) is 0.391. The van der Waals surface area contributed by atoms with Gasteiger partial charge < -0.3 is 14.5 Å². The highest BCUT2D eigenvalue weighted by Crippen LogP contribution is 2.28. The molecule has 3 heterocycles. The van der Waals surface area contributed by atoms with Crippen molar-refractivity contribution in [1.29, 1.82) is 0 Å². The molecule has 0 spiro atoms. The Labute approximate surface area is 214 Å². The second-order valence-corrected chi connectivity index (χ2v) is 11.0. The van der Waals surface area contributed by atoms with E-state index in [4.69, 9.17) is 4.74 Å². The second-order valence-electron chi connectivity index (χ2n) is 8.73. The highest BCUT2D eigenvalue weighted by Gasteiger charge is 2.25. The van der Waals surface area contributed by atoms with E-state index < -0.39 is 16.1 Å². The summed E-state index contributed by atoms with van der Waals surface area (Å²) < 4.78 is 44.9. The third-order valence-electron chi connectivity index (χ3n) is 6.21. The Bertz CT molecular complexity index is 1460. The largest absolute Gasteiger partial charge is 0.424 e. The van der Waals surface area contributed by atoms with Crippen molar-refractivity contribution in [2.45, 2.75) is 31.3 Å². The number of sulfonamides is 1. The topological polar surface area (TPSA) is 118 Å². The van der Waals surface area contributed by atoms with Crippen LogP contribution < -0.4 is 14.4 Å². The lowest BCUT2D eigenvalue weighted by atomic mass is 10.2. The number of hydrogen-bond acceptors (Lipinski definition) is 10. The van der Waals surface area contributed by atoms with Crippen LogP contribution in [0.1, 0.15) is 25.7 Å². The molecule has 5 rings (SSSR count). The minimum absolute atomic E-state index is 0.120. The van der Waals surface area contributed by atoms with Gasteiger partial charge in [-0.15, -0.1) is 5.10 Å². The molecule has 11 nitrogen and oxygen atoms in total. The molecule has 1 aliphatic heterocycles. The highest BCUT2D eigenvalue weighted by atomic mass is 32.2. The molecule has 0 amide bonds. The zero-order valence-corrected chi connectivity index (χ0v) is 22.0. The van der Waals surface area contributed by atoms with E-state index in [9.17, 15) is 8.42 Å². The van der Waals surface area contributed by atoms with Crippen molar-refractivity contribution in [2.75, 3.05) is 38.1 Å². The van der Waals surface area contributed by atoms with E-state index >= 15 is 0 Å². The summed E-state index contributed by atoms with van der Waals surface area (Å²) in [5.41, 5.74) is 2.30. The minimum Gasteiger partial charge on any atom is -0.424 e. The van der Waals surface area contributed by atoms with Gasteiger partial charge in [0.25, 0.3) is 0 Å². The predicted molar refractivity (Wildman–Crippen MR) is 138 cm³/mol. The monoisotopic (exact) mass is 528 g/mol. The average molecular weight is 529 g/mol. The Morgan fingerprint density at radius 1 is 1.06 bits per heavy atom. The molecule has 1 N–H and O–H groups in total. The molecule has 0 saturated carbocycles. The van der Waals surface area contributed by atoms with Crippen molar-refractivity contribution in [3.63, 3.8) is 0 Å². The van der Waals surface area contributed by atoms with Crippen LogP contribution in [0.3, 0.4) is 0 Å². The van der Waals surface area contributed by atoms with E-state index in [1.54, 1.807) is 17.6 Å². The summed E-state index contributed by atoms with van der Waals surface area (Å²) >= 11 is 1.04. The fourth-order valence-corrected chi connectivity index (χ4v) is 5.93. The number of likely N-dealkylation sites (N-methyl/N-ethyl adjacent to an activating group) is 1. The first-order valence-electron chi connectivity index (χ1n) is 11.7. The molecule has 190 valence electrons. The number of ether oxygens (including phenoxy) is 1. The van der Waals surface area contributed by atoms with Crippen molar-refractivity contribution < 1.29 is 13.2 Å². The first-order chi connectivity index (χ1) is 17.3. The number of fused-ring (bicyclic) bond motifs is 1. The van der Waals surface area contributed by atoms with E-state index in [0.717, 1.165) is 43.6 Å². The summed E-state index contributed by atoms with van der Waals surface area (Å²) in [4.78, 5) is 4.76. The molecule has 4 aromatic rings. The van der Waals surface area contributed by atoms with Crippen LogP contribution in [-0.2, 0) is 16.6 Å². The van der Waals surface area contributed by atoms with E-state index in [1.165, 1.54) is 12.1 Å². The summed E-state index contributed by atoms with van der Waals surface area (Å²) in [5.74, 6) is 1.11. The first kappa shape index (κ1) is 24.6. The van der Waals surface area contributed by atoms with Crippen molar-refractivity contribution in [3.05, 3.63) is 48.3 Å². The molecular weight excluding hydrogens is 500 g/mol. The van der Waals surface area contributed by atoms with Gasteiger partial charge in [-0.2, -0.15) is 8.75 Å². The van der Waals surface area contributed by atoms with Gasteiger partial charge in [0.05, 0.1) is 22.7 Å². The van der Waals surface area contributed by atoms with Crippen LogP contribution in [0, 0.1) is 0 Å². The van der Waals surface area contributed by atoms with E-state index in [-0.39, 0.29) is 4.90 Å². The van der Waals surface area contributed by atoms with Crippen LogP contribution in [0.5, 0.6) is 11.8 Å². The molecule has 0 bridgehead atoms. The SMILES string of the molecule is CCn1c(Oc2cccc(N3CCN(C)CC3)c2)nnc1[C@@H](C)NS(=O)(=O)c1ccc2nsnc2c1. The van der Waals surface area contributed by atoms with Gasteiger partial charge in [-0.1, -0.05) is 11.2 Å². The maximum absolute atomic E-state index is 13.0. The molecule has 0 radical (unpaired) electrons. The molecule has 2 aromatic heterocycles. The van der Waals surface area contributed by atoms with Crippen molar-refractivity contribution >= 4 is 38.5 Å². The van der Waals surface area contributed by atoms with Gasteiger partial charge in [0.1, 0.15) is 16.8 Å². The Kier molecular flexibility index (Phi) is 6.88. The zero-order chi connectivity index (χ0) is 25.3. The van der Waals surface area contributed by atoms with Crippen molar-refractivity contribution in [2.24, 2.45) is 0 Å². The predicted octanol–water partition coefficient (Wildman–Crippen LogP) is 2.89. The van der Waals surface area contributed by atoms with Crippen LogP contribution >= 0.6 is 11.7 Å². The number of rotatable bonds is 8. The number of aromatic nitrogens is 5. The number of anilines is 1. The van der Waals surface area contributed by atoms with Gasteiger partial charge in [-0.3, -0.25) is 4.57 Å². The number of piperazine rings is 1. The smallest absolute Gasteiger partial charge is 0.322 e. The molecular formula is C23H28N8O3S2. The molecule has 1 fully saturated rings. The maximum Gasteiger partial charge on any atom is 0.322 e. The van der Waals surface area contributed by atoms with Crippen LogP contribution in [-0.4, -0.2) is 70.1 Å².